The fraction of sp³-hybridized carbons (Fsp3) is 1.00. The van der Waals surface area contributed by atoms with Crippen LogP contribution in [-0.4, -0.2) is 57.0 Å². The maximum Gasteiger partial charge on any atom is 0.267 e. The van der Waals surface area contributed by atoms with Gasteiger partial charge in [-0.3, -0.25) is 13.7 Å². The molecule has 0 aromatic heterocycles. The molecule has 0 aliphatic carbocycles. The Bertz CT molecular complexity index is 1510. The van der Waals surface area contributed by atoms with Crippen LogP contribution in [0.4, 0.5) is 0 Å². The Labute approximate surface area is 712 Å². The normalized spacial score (nSPS) is 11.9. The quantitative estimate of drug-likeness (QED) is 0.0320. The maximum atomic E-state index is 11.9. The van der Waals surface area contributed by atoms with Gasteiger partial charge >= 0.3 is 0 Å². The van der Waals surface area contributed by atoms with Gasteiger partial charge in [-0.05, 0) is 38.5 Å². The first kappa shape index (κ1) is 119. The van der Waals surface area contributed by atoms with Crippen LogP contribution in [0.15, 0.2) is 0 Å². The van der Waals surface area contributed by atoms with Gasteiger partial charge in [0.2, 0.25) is 0 Å². The molecule has 0 bridgehead atoms. The molecule has 0 aliphatic rings. The van der Waals surface area contributed by atoms with E-state index in [9.17, 15) is 28.4 Å². The summed E-state index contributed by atoms with van der Waals surface area (Å²) in [4.78, 5) is 35.6. The van der Waals surface area contributed by atoms with Crippen molar-refractivity contribution in [2.24, 2.45) is 0 Å². The minimum atomic E-state index is -4.12. The van der Waals surface area contributed by atoms with E-state index in [2.05, 4.69) is 41.5 Å². The molecular weight excluding hydrogens is 1460 g/mol. The summed E-state index contributed by atoms with van der Waals surface area (Å²) in [6.07, 6.45) is 108. The van der Waals surface area contributed by atoms with E-state index in [0.717, 1.165) is 77.0 Å². The van der Waals surface area contributed by atoms with Crippen LogP contribution in [-0.2, 0) is 40.8 Å². The fourth-order valence-electron chi connectivity index (χ4n) is 14.9. The Morgan fingerprint density at radius 1 is 0.134 bits per heavy atom. The summed E-state index contributed by atoms with van der Waals surface area (Å²) in [6, 6.07) is 0. The molecule has 0 fully saturated rings. The summed E-state index contributed by atoms with van der Waals surface area (Å²) in [5.41, 5.74) is 0. The molecule has 675 valence electrons. The average molecular weight is 1660 g/mol. The Balaban J connectivity index is -0.000000778. The number of hydrogen-bond acceptors (Lipinski definition) is 12. The summed E-state index contributed by atoms with van der Waals surface area (Å²) in [7, 11) is -12.3. The van der Waals surface area contributed by atoms with Crippen LogP contribution in [0.1, 0.15) is 581 Å². The first-order valence-electron chi connectivity index (χ1n) is 50.2. The zero-order valence-electron chi connectivity index (χ0n) is 76.5. The van der Waals surface area contributed by atoms with E-state index in [1.54, 1.807) is 0 Å². The number of hydrogen-bond donors (Lipinski definition) is 0. The predicted octanol–water partition coefficient (Wildman–Crippen LogP) is 34.0. The monoisotopic (exact) mass is 1660 g/mol. The highest BCUT2D eigenvalue weighted by molar-refractivity contribution is 7.46. The number of rotatable bonds is 96. The van der Waals surface area contributed by atoms with E-state index < -0.39 is 23.5 Å². The molecule has 0 rings (SSSR count). The molecular formula is C96H198AlO12P3-3. The SMILES string of the molecule is CCCCCCCCCCCCCCCCOP(=O)([O-])OCCCCCCCCCCCCCCCC.CCCCCCCCCCCCCCCCOP(=O)([O-])OCCCCCCCCCCCCCCCC.CCCCCCCCCCCCCCCCOP(=O)([O-])OCCCCCCCCCCCCCCCC.[Al]. The first-order chi connectivity index (χ1) is 54.4. The van der Waals surface area contributed by atoms with Gasteiger partial charge in [0.05, 0.1) is 39.6 Å². The van der Waals surface area contributed by atoms with E-state index in [-0.39, 0.29) is 57.0 Å². The van der Waals surface area contributed by atoms with Crippen molar-refractivity contribution in [3.05, 3.63) is 0 Å². The van der Waals surface area contributed by atoms with Crippen LogP contribution < -0.4 is 14.7 Å². The van der Waals surface area contributed by atoms with Gasteiger partial charge in [0.15, 0.2) is 0 Å². The van der Waals surface area contributed by atoms with Gasteiger partial charge in [-0.1, -0.05) is 542 Å². The van der Waals surface area contributed by atoms with Crippen molar-refractivity contribution in [3.8, 4) is 0 Å². The Morgan fingerprint density at radius 2 is 0.196 bits per heavy atom. The van der Waals surface area contributed by atoms with Crippen molar-refractivity contribution in [1.29, 1.82) is 0 Å². The second kappa shape index (κ2) is 104. The number of unbranched alkanes of at least 4 members (excludes halogenated alkanes) is 78. The minimum absolute atomic E-state index is 0. The molecule has 0 unspecified atom stereocenters. The number of phosphoric acid groups is 3. The van der Waals surface area contributed by atoms with E-state index in [1.807, 2.05) is 0 Å². The molecule has 12 nitrogen and oxygen atoms in total. The summed E-state index contributed by atoms with van der Waals surface area (Å²) in [5, 5.41) is 0. The zero-order chi connectivity index (χ0) is 81.4. The molecule has 0 spiro atoms. The van der Waals surface area contributed by atoms with E-state index in [4.69, 9.17) is 27.1 Å². The van der Waals surface area contributed by atoms with Crippen molar-refractivity contribution in [1.82, 2.24) is 0 Å². The van der Waals surface area contributed by atoms with E-state index in [0.29, 0.717) is 0 Å². The molecule has 112 heavy (non-hydrogen) atoms. The van der Waals surface area contributed by atoms with Crippen molar-refractivity contribution in [2.45, 2.75) is 581 Å². The van der Waals surface area contributed by atoms with Crippen LogP contribution in [0.5, 0.6) is 0 Å². The number of phosphoric ester groups is 3. The summed E-state index contributed by atoms with van der Waals surface area (Å²) in [6.45, 7) is 15.2. The van der Waals surface area contributed by atoms with Crippen molar-refractivity contribution < 1.29 is 55.5 Å². The molecule has 0 amide bonds. The van der Waals surface area contributed by atoms with E-state index in [1.165, 1.54) is 462 Å². The maximum absolute atomic E-state index is 11.9. The van der Waals surface area contributed by atoms with Gasteiger partial charge in [0.1, 0.15) is 0 Å². The molecule has 0 saturated carbocycles. The summed E-state index contributed by atoms with van der Waals surface area (Å²) >= 11 is 0. The highest BCUT2D eigenvalue weighted by Gasteiger charge is 2.12. The molecule has 0 aromatic rings. The van der Waals surface area contributed by atoms with Gasteiger partial charge in [0.25, 0.3) is 23.5 Å². The van der Waals surface area contributed by atoms with Gasteiger partial charge in [0, 0.05) is 17.4 Å². The highest BCUT2D eigenvalue weighted by atomic mass is 31.2. The molecule has 3 radical (unpaired) electrons. The smallest absolute Gasteiger partial charge is 0.267 e. The first-order valence-corrected chi connectivity index (χ1v) is 54.5. The van der Waals surface area contributed by atoms with Gasteiger partial charge in [-0.15, -0.1) is 0 Å². The molecule has 0 aromatic carbocycles. The fourth-order valence-corrected chi connectivity index (χ4v) is 17.3. The third-order valence-corrected chi connectivity index (χ3v) is 25.5. The van der Waals surface area contributed by atoms with Crippen LogP contribution in [0.2, 0.25) is 0 Å². The largest absolute Gasteiger partial charge is 0.756 e. The van der Waals surface area contributed by atoms with Gasteiger partial charge in [-0.25, -0.2) is 0 Å². The van der Waals surface area contributed by atoms with E-state index >= 15 is 0 Å². The summed E-state index contributed by atoms with van der Waals surface area (Å²) < 4.78 is 65.8. The Kier molecular flexibility index (Phi) is 111. The molecule has 0 N–H and O–H groups in total. The lowest BCUT2D eigenvalue weighted by Gasteiger charge is -2.22. The third-order valence-electron chi connectivity index (χ3n) is 22.5. The molecule has 16 heteroatoms. The van der Waals surface area contributed by atoms with Gasteiger partial charge in [-0.2, -0.15) is 0 Å². The third kappa shape index (κ3) is 113. The molecule has 0 aliphatic heterocycles. The molecule has 0 atom stereocenters. The van der Waals surface area contributed by atoms with Crippen LogP contribution in [0.3, 0.4) is 0 Å². The topological polar surface area (TPSA) is 176 Å². The lowest BCUT2D eigenvalue weighted by atomic mass is 10.0. The minimum Gasteiger partial charge on any atom is -0.756 e. The van der Waals surface area contributed by atoms with Crippen LogP contribution in [0, 0.1) is 0 Å². The second-order valence-corrected chi connectivity index (χ2v) is 38.2. The van der Waals surface area contributed by atoms with Crippen LogP contribution in [0.25, 0.3) is 0 Å². The predicted molar refractivity (Wildman–Crippen MR) is 486 cm³/mol. The average Bonchev–Trinajstić information content (AvgIpc) is 0.954. The van der Waals surface area contributed by atoms with Crippen LogP contribution >= 0.6 is 23.5 Å². The van der Waals surface area contributed by atoms with Crippen molar-refractivity contribution in [3.63, 3.8) is 0 Å². The Morgan fingerprint density at radius 3 is 0.268 bits per heavy atom. The second-order valence-electron chi connectivity index (χ2n) is 33.9. The summed E-state index contributed by atoms with van der Waals surface area (Å²) in [5.74, 6) is 0. The highest BCUT2D eigenvalue weighted by Crippen LogP contribution is 2.41. The van der Waals surface area contributed by atoms with Gasteiger partial charge < -0.3 is 41.8 Å². The molecule has 0 heterocycles. The lowest BCUT2D eigenvalue weighted by molar-refractivity contribution is -0.227. The Hall–Kier alpha value is 0.862. The molecule has 0 saturated heterocycles. The lowest BCUT2D eigenvalue weighted by Crippen LogP contribution is -2.10. The zero-order valence-corrected chi connectivity index (χ0v) is 80.3. The standard InChI is InChI=1S/3C32H67O4P.Al/c3*1-3-5-7-9-11-13-15-17-19-21-23-25-27-29-31-35-37(33,34)36-32-30-28-26-24-22-20-18-16-14-12-10-8-6-4-2;/h3*3-32H2,1-2H3,(H,33,34);/p-3. The van der Waals surface area contributed by atoms with Crippen molar-refractivity contribution in [2.75, 3.05) is 39.6 Å². The van der Waals surface area contributed by atoms with Crippen molar-refractivity contribution >= 4 is 40.8 Å².